The van der Waals surface area contributed by atoms with E-state index in [1.165, 1.54) is 0 Å². The van der Waals surface area contributed by atoms with Crippen LogP contribution in [0.4, 0.5) is 5.69 Å². The highest BCUT2D eigenvalue weighted by molar-refractivity contribution is 6.11. The highest BCUT2D eigenvalue weighted by Crippen LogP contribution is 2.43. The maximum absolute atomic E-state index is 9.02. The molecule has 0 atom stereocenters. The van der Waals surface area contributed by atoms with Crippen LogP contribution < -0.4 is 10.5 Å². The molecule has 0 spiro atoms. The first-order chi connectivity index (χ1) is 13.3. The molecule has 0 aliphatic carbocycles. The van der Waals surface area contributed by atoms with Gasteiger partial charge in [-0.25, -0.2) is 0 Å². The molecule has 0 unspecified atom stereocenters. The largest absolute Gasteiger partial charge is 0.493 e. The SMILES string of the molecule is Nc1ccc2ccccc2c1-c1c(OCCCCO)ccc2ccccc12. The summed E-state index contributed by atoms with van der Waals surface area (Å²) in [7, 11) is 0. The monoisotopic (exact) mass is 357 g/mol. The number of benzene rings is 4. The lowest BCUT2D eigenvalue weighted by Gasteiger charge is -2.18. The number of anilines is 1. The molecule has 3 heteroatoms. The molecule has 0 aliphatic heterocycles. The van der Waals surface area contributed by atoms with Gasteiger partial charge < -0.3 is 15.6 Å². The van der Waals surface area contributed by atoms with Gasteiger partial charge in [0.05, 0.1) is 6.61 Å². The second-order valence-corrected chi connectivity index (χ2v) is 6.69. The van der Waals surface area contributed by atoms with Crippen LogP contribution in [-0.4, -0.2) is 18.3 Å². The molecule has 4 rings (SSSR count). The highest BCUT2D eigenvalue weighted by Gasteiger charge is 2.16. The van der Waals surface area contributed by atoms with Crippen molar-refractivity contribution < 1.29 is 9.84 Å². The van der Waals surface area contributed by atoms with Crippen LogP contribution in [0.3, 0.4) is 0 Å². The fraction of sp³-hybridized carbons (Fsp3) is 0.167. The number of aliphatic hydroxyl groups excluding tert-OH is 1. The van der Waals surface area contributed by atoms with Gasteiger partial charge in [0.1, 0.15) is 5.75 Å². The van der Waals surface area contributed by atoms with Crippen molar-refractivity contribution in [1.29, 1.82) is 0 Å². The summed E-state index contributed by atoms with van der Waals surface area (Å²) in [6, 6.07) is 24.7. The van der Waals surface area contributed by atoms with Gasteiger partial charge in [0, 0.05) is 23.4 Å². The van der Waals surface area contributed by atoms with Gasteiger partial charge in [-0.1, -0.05) is 60.7 Å². The van der Waals surface area contributed by atoms with Gasteiger partial charge in [0.2, 0.25) is 0 Å². The zero-order chi connectivity index (χ0) is 18.6. The smallest absolute Gasteiger partial charge is 0.127 e. The van der Waals surface area contributed by atoms with Gasteiger partial charge in [0.15, 0.2) is 0 Å². The normalized spacial score (nSPS) is 11.1. The number of hydrogen-bond donors (Lipinski definition) is 2. The van der Waals surface area contributed by atoms with Crippen LogP contribution in [0.15, 0.2) is 72.8 Å². The van der Waals surface area contributed by atoms with Crippen LogP contribution in [-0.2, 0) is 0 Å². The number of nitrogen functional groups attached to an aromatic ring is 1. The molecule has 136 valence electrons. The predicted octanol–water partition coefficient (Wildman–Crippen LogP) is 5.39. The van der Waals surface area contributed by atoms with E-state index in [0.29, 0.717) is 6.61 Å². The quantitative estimate of drug-likeness (QED) is 0.359. The molecule has 27 heavy (non-hydrogen) atoms. The Balaban J connectivity index is 1.96. The zero-order valence-corrected chi connectivity index (χ0v) is 15.2. The Hall–Kier alpha value is -3.04. The van der Waals surface area contributed by atoms with Gasteiger partial charge in [-0.2, -0.15) is 0 Å². The molecular weight excluding hydrogens is 334 g/mol. The number of rotatable bonds is 6. The lowest BCUT2D eigenvalue weighted by atomic mass is 9.92. The van der Waals surface area contributed by atoms with Crippen LogP contribution in [0.5, 0.6) is 5.75 Å². The molecule has 0 radical (unpaired) electrons. The molecular formula is C24H23NO2. The summed E-state index contributed by atoms with van der Waals surface area (Å²) in [5.41, 5.74) is 9.26. The second-order valence-electron chi connectivity index (χ2n) is 6.69. The van der Waals surface area contributed by atoms with Crippen LogP contribution in [0, 0.1) is 0 Å². The lowest BCUT2D eigenvalue weighted by Crippen LogP contribution is -2.01. The number of nitrogens with two attached hydrogens (primary N) is 1. The van der Waals surface area contributed by atoms with Crippen molar-refractivity contribution in [2.24, 2.45) is 0 Å². The van der Waals surface area contributed by atoms with Crippen LogP contribution in [0.1, 0.15) is 12.8 Å². The van der Waals surface area contributed by atoms with Crippen molar-refractivity contribution in [2.45, 2.75) is 12.8 Å². The summed E-state index contributed by atoms with van der Waals surface area (Å²) in [5, 5.41) is 13.6. The Morgan fingerprint density at radius 2 is 1.33 bits per heavy atom. The highest BCUT2D eigenvalue weighted by atomic mass is 16.5. The fourth-order valence-electron chi connectivity index (χ4n) is 3.59. The molecule has 0 fully saturated rings. The summed E-state index contributed by atoms with van der Waals surface area (Å²) in [4.78, 5) is 0. The van der Waals surface area contributed by atoms with Crippen LogP contribution in [0.25, 0.3) is 32.7 Å². The number of ether oxygens (including phenoxy) is 1. The molecule has 0 saturated heterocycles. The Morgan fingerprint density at radius 3 is 2.04 bits per heavy atom. The van der Waals surface area contributed by atoms with E-state index < -0.39 is 0 Å². The Labute approximate surface area is 159 Å². The van der Waals surface area contributed by atoms with Gasteiger partial charge in [0.25, 0.3) is 0 Å². The molecule has 3 N–H and O–H groups in total. The molecule has 0 heterocycles. The van der Waals surface area contributed by atoms with Crippen molar-refractivity contribution in [3.8, 4) is 16.9 Å². The van der Waals surface area contributed by atoms with Gasteiger partial charge in [-0.3, -0.25) is 0 Å². The summed E-state index contributed by atoms with van der Waals surface area (Å²) < 4.78 is 6.14. The van der Waals surface area contributed by atoms with Crippen molar-refractivity contribution in [2.75, 3.05) is 18.9 Å². The number of aliphatic hydroxyl groups is 1. The standard InChI is InChI=1S/C24H23NO2/c25-21-13-11-17-7-1-3-9-19(17)23(21)24-20-10-4-2-8-18(20)12-14-22(24)27-16-6-5-15-26/h1-4,7-14,26H,5-6,15-16,25H2. The van der Waals surface area contributed by atoms with Crippen molar-refractivity contribution in [3.63, 3.8) is 0 Å². The third-order valence-corrected chi connectivity index (χ3v) is 4.91. The van der Waals surface area contributed by atoms with Crippen molar-refractivity contribution in [1.82, 2.24) is 0 Å². The Bertz CT molecular complexity index is 1090. The van der Waals surface area contributed by atoms with E-state index in [-0.39, 0.29) is 6.61 Å². The maximum atomic E-state index is 9.02. The topological polar surface area (TPSA) is 55.5 Å². The van der Waals surface area contributed by atoms with Gasteiger partial charge in [-0.15, -0.1) is 0 Å². The van der Waals surface area contributed by atoms with Crippen molar-refractivity contribution in [3.05, 3.63) is 72.8 Å². The summed E-state index contributed by atoms with van der Waals surface area (Å²) in [6.07, 6.45) is 1.55. The average Bonchev–Trinajstić information content (AvgIpc) is 2.71. The number of fused-ring (bicyclic) bond motifs is 2. The summed E-state index contributed by atoms with van der Waals surface area (Å²) in [6.45, 7) is 0.751. The van der Waals surface area contributed by atoms with Gasteiger partial charge >= 0.3 is 0 Å². The van der Waals surface area contributed by atoms with E-state index in [2.05, 4.69) is 36.4 Å². The van der Waals surface area contributed by atoms with E-state index >= 15 is 0 Å². The van der Waals surface area contributed by atoms with Crippen LogP contribution >= 0.6 is 0 Å². The average molecular weight is 357 g/mol. The second kappa shape index (κ2) is 7.68. The minimum absolute atomic E-state index is 0.185. The van der Waals surface area contributed by atoms with E-state index in [0.717, 1.165) is 57.0 Å². The molecule has 0 saturated carbocycles. The first-order valence-corrected chi connectivity index (χ1v) is 9.32. The number of hydrogen-bond acceptors (Lipinski definition) is 3. The van der Waals surface area contributed by atoms with E-state index in [4.69, 9.17) is 15.6 Å². The van der Waals surface area contributed by atoms with E-state index in [1.54, 1.807) is 0 Å². The van der Waals surface area contributed by atoms with E-state index in [9.17, 15) is 0 Å². The molecule has 0 bridgehead atoms. The minimum atomic E-state index is 0.185. The molecule has 0 aliphatic rings. The Kier molecular flexibility index (Phi) is 4.95. The van der Waals surface area contributed by atoms with E-state index in [1.807, 2.05) is 36.4 Å². The molecule has 0 amide bonds. The van der Waals surface area contributed by atoms with Gasteiger partial charge in [-0.05, 0) is 46.5 Å². The predicted molar refractivity (Wildman–Crippen MR) is 113 cm³/mol. The summed E-state index contributed by atoms with van der Waals surface area (Å²) in [5.74, 6) is 0.828. The zero-order valence-electron chi connectivity index (χ0n) is 15.2. The fourth-order valence-corrected chi connectivity index (χ4v) is 3.59. The molecule has 3 nitrogen and oxygen atoms in total. The third kappa shape index (κ3) is 3.34. The first-order valence-electron chi connectivity index (χ1n) is 9.32. The maximum Gasteiger partial charge on any atom is 0.127 e. The molecule has 4 aromatic rings. The Morgan fingerprint density at radius 1 is 0.704 bits per heavy atom. The number of unbranched alkanes of at least 4 members (excludes halogenated alkanes) is 1. The minimum Gasteiger partial charge on any atom is -0.493 e. The molecule has 0 aromatic heterocycles. The lowest BCUT2D eigenvalue weighted by molar-refractivity contribution is 0.253. The van der Waals surface area contributed by atoms with Crippen molar-refractivity contribution >= 4 is 27.2 Å². The summed E-state index contributed by atoms with van der Waals surface area (Å²) >= 11 is 0. The van der Waals surface area contributed by atoms with Crippen LogP contribution in [0.2, 0.25) is 0 Å². The molecule has 4 aromatic carbocycles. The third-order valence-electron chi connectivity index (χ3n) is 4.91. The first kappa shape index (κ1) is 17.4.